The van der Waals surface area contributed by atoms with Gasteiger partial charge in [0.2, 0.25) is 15.9 Å². The Balaban J connectivity index is 1.51. The number of aromatic nitrogens is 2. The van der Waals surface area contributed by atoms with Gasteiger partial charge in [-0.25, -0.2) is 13.1 Å². The Labute approximate surface area is 172 Å². The van der Waals surface area contributed by atoms with Crippen LogP contribution in [0.25, 0.3) is 11.3 Å². The summed E-state index contributed by atoms with van der Waals surface area (Å²) in [6.07, 6.45) is 8.16. The third-order valence-corrected chi connectivity index (χ3v) is 7.26. The highest BCUT2D eigenvalue weighted by molar-refractivity contribution is 7.89. The number of nitrogens with zero attached hydrogens (tertiary/aromatic N) is 3. The molecule has 1 aromatic heterocycles. The quantitative estimate of drug-likeness (QED) is 0.671. The van der Waals surface area contributed by atoms with Crippen molar-refractivity contribution in [3.8, 4) is 11.3 Å². The molecular formula is C21H28N4O3S. The Morgan fingerprint density at radius 1 is 1.10 bits per heavy atom. The molecule has 0 unspecified atom stereocenters. The van der Waals surface area contributed by atoms with Crippen LogP contribution in [0.2, 0.25) is 0 Å². The zero-order chi connectivity index (χ0) is 20.3. The first-order valence-corrected chi connectivity index (χ1v) is 11.9. The van der Waals surface area contributed by atoms with Crippen LogP contribution in [-0.2, 0) is 14.8 Å². The van der Waals surface area contributed by atoms with Crippen LogP contribution in [0.3, 0.4) is 0 Å². The molecule has 0 radical (unpaired) electrons. The summed E-state index contributed by atoms with van der Waals surface area (Å²) >= 11 is 0. The maximum Gasteiger partial charge on any atom is 0.244 e. The molecule has 7 nitrogen and oxygen atoms in total. The molecule has 8 heteroatoms. The number of carbonyl (C=O) groups excluding carboxylic acids is 1. The summed E-state index contributed by atoms with van der Waals surface area (Å²) < 4.78 is 30.7. The Morgan fingerprint density at radius 3 is 2.55 bits per heavy atom. The van der Waals surface area contributed by atoms with Crippen molar-refractivity contribution < 1.29 is 13.2 Å². The fraction of sp³-hybridized carbons (Fsp3) is 0.524. The molecule has 1 amide bonds. The molecule has 0 atom stereocenters. The van der Waals surface area contributed by atoms with Crippen molar-refractivity contribution >= 4 is 15.9 Å². The highest BCUT2D eigenvalue weighted by Gasteiger charge is 2.27. The molecule has 2 fully saturated rings. The van der Waals surface area contributed by atoms with Crippen molar-refractivity contribution in [2.75, 3.05) is 19.6 Å². The second-order valence-electron chi connectivity index (χ2n) is 7.86. The third kappa shape index (κ3) is 4.53. The van der Waals surface area contributed by atoms with Gasteiger partial charge in [-0.05, 0) is 25.7 Å². The molecule has 1 saturated carbocycles. The number of hydrogen-bond acceptors (Lipinski definition) is 4. The SMILES string of the molecule is O=C1CCCN1CCCNS(=O)(=O)c1cn(C2CCCC2)nc1-c1ccccc1. The lowest BCUT2D eigenvalue weighted by atomic mass is 10.2. The molecule has 1 aliphatic carbocycles. The second-order valence-corrected chi connectivity index (χ2v) is 9.60. The van der Waals surface area contributed by atoms with Gasteiger partial charge < -0.3 is 4.90 Å². The summed E-state index contributed by atoms with van der Waals surface area (Å²) in [5, 5.41) is 4.67. The molecule has 1 saturated heterocycles. The number of rotatable bonds is 8. The molecule has 0 bridgehead atoms. The minimum Gasteiger partial charge on any atom is -0.343 e. The van der Waals surface area contributed by atoms with Gasteiger partial charge in [0.15, 0.2) is 0 Å². The van der Waals surface area contributed by atoms with E-state index >= 15 is 0 Å². The van der Waals surface area contributed by atoms with Crippen molar-refractivity contribution in [2.45, 2.75) is 55.9 Å². The average Bonchev–Trinajstić information content (AvgIpc) is 3.46. The van der Waals surface area contributed by atoms with Crippen LogP contribution in [0.15, 0.2) is 41.4 Å². The summed E-state index contributed by atoms with van der Waals surface area (Å²) in [5.41, 5.74) is 1.30. The van der Waals surface area contributed by atoms with E-state index in [1.54, 1.807) is 6.20 Å². The van der Waals surface area contributed by atoms with E-state index in [1.165, 1.54) is 0 Å². The third-order valence-electron chi connectivity index (χ3n) is 5.80. The number of nitrogens with one attached hydrogen (secondary N) is 1. The molecule has 1 aliphatic heterocycles. The van der Waals surface area contributed by atoms with Crippen molar-refractivity contribution in [1.82, 2.24) is 19.4 Å². The molecule has 1 aromatic carbocycles. The van der Waals surface area contributed by atoms with Gasteiger partial charge in [0.05, 0.1) is 6.04 Å². The minimum absolute atomic E-state index is 0.164. The summed E-state index contributed by atoms with van der Waals surface area (Å²) in [6, 6.07) is 9.73. The van der Waals surface area contributed by atoms with Crippen LogP contribution in [-0.4, -0.2) is 48.6 Å². The predicted octanol–water partition coefficient (Wildman–Crippen LogP) is 2.96. The Morgan fingerprint density at radius 2 is 1.86 bits per heavy atom. The van der Waals surface area contributed by atoms with Gasteiger partial charge in [0.1, 0.15) is 10.6 Å². The fourth-order valence-corrected chi connectivity index (χ4v) is 5.45. The van der Waals surface area contributed by atoms with Gasteiger partial charge >= 0.3 is 0 Å². The minimum atomic E-state index is -3.69. The molecule has 29 heavy (non-hydrogen) atoms. The summed E-state index contributed by atoms with van der Waals surface area (Å²) in [5.74, 6) is 0.164. The van der Waals surface area contributed by atoms with E-state index in [1.807, 2.05) is 39.9 Å². The summed E-state index contributed by atoms with van der Waals surface area (Å²) in [7, 11) is -3.69. The van der Waals surface area contributed by atoms with Gasteiger partial charge in [-0.3, -0.25) is 9.48 Å². The smallest absolute Gasteiger partial charge is 0.244 e. The second kappa shape index (κ2) is 8.67. The molecule has 2 aromatic rings. The van der Waals surface area contributed by atoms with Gasteiger partial charge in [-0.15, -0.1) is 0 Å². The normalized spacial score (nSPS) is 18.1. The molecule has 1 N–H and O–H groups in total. The van der Waals surface area contributed by atoms with Crippen LogP contribution >= 0.6 is 0 Å². The van der Waals surface area contributed by atoms with Crippen molar-refractivity contribution in [2.24, 2.45) is 0 Å². The lowest BCUT2D eigenvalue weighted by Crippen LogP contribution is -2.30. The fourth-order valence-electron chi connectivity index (χ4n) is 4.22. The lowest BCUT2D eigenvalue weighted by molar-refractivity contribution is -0.127. The topological polar surface area (TPSA) is 84.3 Å². The van der Waals surface area contributed by atoms with Crippen LogP contribution < -0.4 is 4.72 Å². The van der Waals surface area contributed by atoms with Crippen molar-refractivity contribution in [1.29, 1.82) is 0 Å². The predicted molar refractivity (Wildman–Crippen MR) is 111 cm³/mol. The van der Waals surface area contributed by atoms with Crippen LogP contribution in [0.4, 0.5) is 0 Å². The van der Waals surface area contributed by atoms with Crippen LogP contribution in [0.1, 0.15) is 51.0 Å². The van der Waals surface area contributed by atoms with E-state index in [4.69, 9.17) is 0 Å². The van der Waals surface area contributed by atoms with E-state index in [0.29, 0.717) is 31.6 Å². The standard InChI is InChI=1S/C21H28N4O3S/c26-20-12-6-14-24(20)15-7-13-22-29(27,28)19-16-25(18-10-4-5-11-18)23-21(19)17-8-2-1-3-9-17/h1-3,8-9,16,18,22H,4-7,10-15H2. The molecule has 4 rings (SSSR count). The number of hydrogen-bond donors (Lipinski definition) is 1. The Bertz CT molecular complexity index is 950. The van der Waals surface area contributed by atoms with Gasteiger partial charge in [-0.2, -0.15) is 5.10 Å². The highest BCUT2D eigenvalue weighted by atomic mass is 32.2. The molecule has 156 valence electrons. The van der Waals surface area contributed by atoms with E-state index in [9.17, 15) is 13.2 Å². The number of likely N-dealkylation sites (tertiary alicyclic amines) is 1. The number of sulfonamides is 1. The van der Waals surface area contributed by atoms with Crippen molar-refractivity contribution in [3.05, 3.63) is 36.5 Å². The maximum absolute atomic E-state index is 13.1. The van der Waals surface area contributed by atoms with Gasteiger partial charge in [-0.1, -0.05) is 43.2 Å². The molecule has 2 aliphatic rings. The number of amides is 1. The van der Waals surface area contributed by atoms with E-state index < -0.39 is 10.0 Å². The van der Waals surface area contributed by atoms with E-state index in [-0.39, 0.29) is 16.8 Å². The van der Waals surface area contributed by atoms with E-state index in [0.717, 1.165) is 44.2 Å². The maximum atomic E-state index is 13.1. The lowest BCUT2D eigenvalue weighted by Gasteiger charge is -2.15. The van der Waals surface area contributed by atoms with E-state index in [2.05, 4.69) is 9.82 Å². The van der Waals surface area contributed by atoms with Gasteiger partial charge in [0.25, 0.3) is 0 Å². The molecular weight excluding hydrogens is 388 g/mol. The van der Waals surface area contributed by atoms with Gasteiger partial charge in [0, 0.05) is 37.8 Å². The number of benzene rings is 1. The number of carbonyl (C=O) groups is 1. The van der Waals surface area contributed by atoms with Crippen LogP contribution in [0, 0.1) is 0 Å². The first kappa shape index (κ1) is 20.1. The monoisotopic (exact) mass is 416 g/mol. The first-order valence-electron chi connectivity index (χ1n) is 10.5. The highest BCUT2D eigenvalue weighted by Crippen LogP contribution is 2.33. The zero-order valence-corrected chi connectivity index (χ0v) is 17.4. The molecule has 2 heterocycles. The molecule has 0 spiro atoms. The van der Waals surface area contributed by atoms with Crippen molar-refractivity contribution in [3.63, 3.8) is 0 Å². The zero-order valence-electron chi connectivity index (χ0n) is 16.6. The Hall–Kier alpha value is -2.19. The first-order chi connectivity index (χ1) is 14.0. The van der Waals surface area contributed by atoms with Crippen LogP contribution in [0.5, 0.6) is 0 Å². The summed E-state index contributed by atoms with van der Waals surface area (Å²) in [6.45, 7) is 1.67. The Kier molecular flexibility index (Phi) is 6.01. The summed E-state index contributed by atoms with van der Waals surface area (Å²) in [4.78, 5) is 13.7. The largest absolute Gasteiger partial charge is 0.343 e. The average molecular weight is 417 g/mol.